The summed E-state index contributed by atoms with van der Waals surface area (Å²) in [4.78, 5) is 10.8. The molecule has 1 atom stereocenters. The fraction of sp³-hybridized carbons (Fsp3) is 0.154. The quantitative estimate of drug-likeness (QED) is 0.888. The Morgan fingerprint density at radius 3 is 2.50 bits per heavy atom. The van der Waals surface area contributed by atoms with Crippen molar-refractivity contribution in [3.63, 3.8) is 0 Å². The second-order valence-corrected chi connectivity index (χ2v) is 6.83. The SMILES string of the molecule is C[C@H](NS(=O)(=O)c1csc(C(=O)O)c1)c1ccccc1. The predicted molar refractivity (Wildman–Crippen MR) is 76.5 cm³/mol. The van der Waals surface area contributed by atoms with Gasteiger partial charge in [0.1, 0.15) is 4.88 Å². The summed E-state index contributed by atoms with van der Waals surface area (Å²) in [5.41, 5.74) is 0.838. The Kier molecular flexibility index (Phi) is 4.22. The van der Waals surface area contributed by atoms with Crippen LogP contribution in [0.25, 0.3) is 0 Å². The van der Waals surface area contributed by atoms with Gasteiger partial charge in [-0.15, -0.1) is 11.3 Å². The van der Waals surface area contributed by atoms with E-state index in [1.165, 1.54) is 5.38 Å². The molecule has 0 saturated carbocycles. The van der Waals surface area contributed by atoms with E-state index in [4.69, 9.17) is 5.11 Å². The minimum atomic E-state index is -3.72. The summed E-state index contributed by atoms with van der Waals surface area (Å²) in [6, 6.07) is 9.91. The van der Waals surface area contributed by atoms with Crippen molar-refractivity contribution < 1.29 is 18.3 Å². The summed E-state index contributed by atoms with van der Waals surface area (Å²) in [5, 5.41) is 10.1. The number of hydrogen-bond donors (Lipinski definition) is 2. The van der Waals surface area contributed by atoms with Gasteiger partial charge in [0, 0.05) is 11.4 Å². The Bertz CT molecular complexity index is 707. The highest BCUT2D eigenvalue weighted by molar-refractivity contribution is 7.89. The van der Waals surface area contributed by atoms with Crippen LogP contribution in [0.3, 0.4) is 0 Å². The number of benzene rings is 1. The molecule has 2 N–H and O–H groups in total. The van der Waals surface area contributed by atoms with Crippen LogP contribution in [0.5, 0.6) is 0 Å². The third-order valence-corrected chi connectivity index (χ3v) is 5.32. The van der Waals surface area contributed by atoms with Crippen LogP contribution in [0.4, 0.5) is 0 Å². The van der Waals surface area contributed by atoms with Crippen molar-refractivity contribution >= 4 is 27.3 Å². The molecule has 0 spiro atoms. The molecule has 5 nitrogen and oxygen atoms in total. The molecule has 0 saturated heterocycles. The molecule has 2 aromatic rings. The molecule has 1 aromatic carbocycles. The molecular weight excluding hydrogens is 298 g/mol. The van der Waals surface area contributed by atoms with Gasteiger partial charge in [0.25, 0.3) is 0 Å². The molecule has 106 valence electrons. The van der Waals surface area contributed by atoms with Gasteiger partial charge in [0.15, 0.2) is 0 Å². The maximum Gasteiger partial charge on any atom is 0.345 e. The fourth-order valence-corrected chi connectivity index (χ4v) is 4.03. The first kappa shape index (κ1) is 14.7. The van der Waals surface area contributed by atoms with Gasteiger partial charge < -0.3 is 5.11 Å². The van der Waals surface area contributed by atoms with E-state index in [2.05, 4.69) is 4.72 Å². The van der Waals surface area contributed by atoms with Gasteiger partial charge in [-0.05, 0) is 18.6 Å². The van der Waals surface area contributed by atoms with Crippen LogP contribution in [0.1, 0.15) is 28.2 Å². The summed E-state index contributed by atoms with van der Waals surface area (Å²) in [7, 11) is -3.72. The van der Waals surface area contributed by atoms with Crippen LogP contribution in [0.15, 0.2) is 46.7 Å². The van der Waals surface area contributed by atoms with Gasteiger partial charge in [-0.2, -0.15) is 0 Å². The molecular formula is C13H13NO4S2. The smallest absolute Gasteiger partial charge is 0.345 e. The molecule has 0 radical (unpaired) electrons. The number of carbonyl (C=O) groups is 1. The van der Waals surface area contributed by atoms with Crippen molar-refractivity contribution in [1.82, 2.24) is 4.72 Å². The lowest BCUT2D eigenvalue weighted by Crippen LogP contribution is -2.26. The second-order valence-electron chi connectivity index (χ2n) is 4.21. The number of rotatable bonds is 5. The molecule has 0 amide bonds. The van der Waals surface area contributed by atoms with E-state index >= 15 is 0 Å². The lowest BCUT2D eigenvalue weighted by molar-refractivity contribution is 0.0702. The molecule has 0 unspecified atom stereocenters. The predicted octanol–water partition coefficient (Wildman–Crippen LogP) is 2.49. The Balaban J connectivity index is 2.20. The van der Waals surface area contributed by atoms with E-state index < -0.39 is 22.0 Å². The first-order valence-electron chi connectivity index (χ1n) is 5.79. The van der Waals surface area contributed by atoms with Gasteiger partial charge >= 0.3 is 5.97 Å². The maximum atomic E-state index is 12.2. The monoisotopic (exact) mass is 311 g/mol. The molecule has 20 heavy (non-hydrogen) atoms. The number of carboxylic acid groups (broad SMARTS) is 1. The number of aromatic carboxylic acids is 1. The zero-order valence-electron chi connectivity index (χ0n) is 10.6. The summed E-state index contributed by atoms with van der Waals surface area (Å²) in [6.07, 6.45) is 0. The number of carboxylic acids is 1. The topological polar surface area (TPSA) is 83.5 Å². The Hall–Kier alpha value is -1.70. The molecule has 1 heterocycles. The molecule has 2 rings (SSSR count). The standard InChI is InChI=1S/C13H13NO4S2/c1-9(10-5-3-2-4-6-10)14-20(17,18)11-7-12(13(15)16)19-8-11/h2-9,14H,1H3,(H,15,16)/t9-/m0/s1. The van der Waals surface area contributed by atoms with Crippen molar-refractivity contribution in [1.29, 1.82) is 0 Å². The molecule has 0 fully saturated rings. The Morgan fingerprint density at radius 2 is 1.95 bits per heavy atom. The highest BCUT2D eigenvalue weighted by Crippen LogP contribution is 2.21. The number of sulfonamides is 1. The van der Waals surface area contributed by atoms with Crippen LogP contribution >= 0.6 is 11.3 Å². The molecule has 0 aliphatic carbocycles. The van der Waals surface area contributed by atoms with Crippen LogP contribution in [0, 0.1) is 0 Å². The van der Waals surface area contributed by atoms with E-state index in [1.54, 1.807) is 6.92 Å². The zero-order valence-corrected chi connectivity index (χ0v) is 12.2. The van der Waals surface area contributed by atoms with E-state index in [0.29, 0.717) is 0 Å². The van der Waals surface area contributed by atoms with Crippen LogP contribution in [-0.4, -0.2) is 19.5 Å². The summed E-state index contributed by atoms with van der Waals surface area (Å²) in [6.45, 7) is 1.73. The second kappa shape index (κ2) is 5.74. The van der Waals surface area contributed by atoms with Gasteiger partial charge in [0.05, 0.1) is 4.90 Å². The molecule has 0 bridgehead atoms. The molecule has 0 aliphatic heterocycles. The average Bonchev–Trinajstić information content (AvgIpc) is 2.90. The van der Waals surface area contributed by atoms with E-state index in [0.717, 1.165) is 23.0 Å². The Labute approximate surface area is 120 Å². The highest BCUT2D eigenvalue weighted by atomic mass is 32.2. The first-order chi connectivity index (χ1) is 9.40. The Morgan fingerprint density at radius 1 is 1.30 bits per heavy atom. The van der Waals surface area contributed by atoms with Crippen molar-refractivity contribution in [2.24, 2.45) is 0 Å². The first-order valence-corrected chi connectivity index (χ1v) is 8.15. The van der Waals surface area contributed by atoms with Crippen molar-refractivity contribution in [2.75, 3.05) is 0 Å². The molecule has 0 aliphatic rings. The van der Waals surface area contributed by atoms with Crippen LogP contribution in [0.2, 0.25) is 0 Å². The van der Waals surface area contributed by atoms with Crippen LogP contribution in [-0.2, 0) is 10.0 Å². The molecule has 1 aromatic heterocycles. The third-order valence-electron chi connectivity index (χ3n) is 2.73. The maximum absolute atomic E-state index is 12.2. The zero-order chi connectivity index (χ0) is 14.8. The fourth-order valence-electron chi connectivity index (χ4n) is 1.68. The van der Waals surface area contributed by atoms with Gasteiger partial charge in [0.2, 0.25) is 10.0 Å². The number of nitrogens with one attached hydrogen (secondary N) is 1. The summed E-state index contributed by atoms with van der Waals surface area (Å²) in [5.74, 6) is -1.13. The van der Waals surface area contributed by atoms with Gasteiger partial charge in [-0.1, -0.05) is 30.3 Å². The minimum Gasteiger partial charge on any atom is -0.477 e. The number of thiophene rings is 1. The van der Waals surface area contributed by atoms with E-state index in [1.807, 2.05) is 30.3 Å². The number of hydrogen-bond acceptors (Lipinski definition) is 4. The van der Waals surface area contributed by atoms with E-state index in [9.17, 15) is 13.2 Å². The lowest BCUT2D eigenvalue weighted by atomic mass is 10.1. The van der Waals surface area contributed by atoms with Crippen LogP contribution < -0.4 is 4.72 Å². The normalized spacial score (nSPS) is 13.1. The summed E-state index contributed by atoms with van der Waals surface area (Å²) >= 11 is 0.889. The minimum absolute atomic E-state index is 0.00209. The van der Waals surface area contributed by atoms with Gasteiger partial charge in [-0.25, -0.2) is 17.9 Å². The lowest BCUT2D eigenvalue weighted by Gasteiger charge is -2.13. The summed E-state index contributed by atoms with van der Waals surface area (Å²) < 4.78 is 26.8. The van der Waals surface area contributed by atoms with Gasteiger partial charge in [-0.3, -0.25) is 0 Å². The third kappa shape index (κ3) is 3.24. The van der Waals surface area contributed by atoms with E-state index in [-0.39, 0.29) is 9.77 Å². The average molecular weight is 311 g/mol. The highest BCUT2D eigenvalue weighted by Gasteiger charge is 2.21. The van der Waals surface area contributed by atoms with Crippen molar-refractivity contribution in [3.05, 3.63) is 52.2 Å². The largest absolute Gasteiger partial charge is 0.477 e. The van der Waals surface area contributed by atoms with Crippen molar-refractivity contribution in [2.45, 2.75) is 17.9 Å². The molecule has 7 heteroatoms. The van der Waals surface area contributed by atoms with Crippen molar-refractivity contribution in [3.8, 4) is 0 Å².